The first-order valence-electron chi connectivity index (χ1n) is 6.52. The highest BCUT2D eigenvalue weighted by Crippen LogP contribution is 2.22. The highest BCUT2D eigenvalue weighted by Gasteiger charge is 2.29. The van der Waals surface area contributed by atoms with Gasteiger partial charge in [0.05, 0.1) is 12.2 Å². The molecule has 1 rings (SSSR count). The van der Waals surface area contributed by atoms with Gasteiger partial charge >= 0.3 is 0 Å². The number of rotatable bonds is 8. The third-order valence-electron chi connectivity index (χ3n) is 3.03. The molecule has 1 aromatic carbocycles. The van der Waals surface area contributed by atoms with Gasteiger partial charge in [-0.05, 0) is 25.8 Å². The largest absolute Gasteiger partial charge is 0.379 e. The average molecular weight is 236 g/mol. The van der Waals surface area contributed by atoms with E-state index in [0.717, 1.165) is 26.1 Å². The summed E-state index contributed by atoms with van der Waals surface area (Å²) in [7, 11) is 0. The van der Waals surface area contributed by atoms with E-state index in [0.29, 0.717) is 6.61 Å². The second-order valence-electron chi connectivity index (χ2n) is 4.27. The van der Waals surface area contributed by atoms with Gasteiger partial charge < -0.3 is 9.47 Å². The summed E-state index contributed by atoms with van der Waals surface area (Å²) in [4.78, 5) is 0. The van der Waals surface area contributed by atoms with Crippen LogP contribution in [-0.4, -0.2) is 25.4 Å². The van der Waals surface area contributed by atoms with Crippen LogP contribution in [0.4, 0.5) is 0 Å². The summed E-state index contributed by atoms with van der Waals surface area (Å²) in [6.45, 7) is 8.37. The van der Waals surface area contributed by atoms with Crippen molar-refractivity contribution in [3.63, 3.8) is 0 Å². The Morgan fingerprint density at radius 2 is 1.71 bits per heavy atom. The lowest BCUT2D eigenvalue weighted by molar-refractivity contribution is -0.0942. The number of ether oxygens (including phenoxy) is 2. The van der Waals surface area contributed by atoms with Gasteiger partial charge in [0.2, 0.25) is 0 Å². The molecule has 0 bridgehead atoms. The first-order valence-corrected chi connectivity index (χ1v) is 6.52. The van der Waals surface area contributed by atoms with Gasteiger partial charge in [0.15, 0.2) is 0 Å². The van der Waals surface area contributed by atoms with Crippen molar-refractivity contribution in [3.05, 3.63) is 35.9 Å². The molecule has 1 unspecified atom stereocenters. The number of benzene rings is 1. The van der Waals surface area contributed by atoms with E-state index in [1.54, 1.807) is 0 Å². The van der Waals surface area contributed by atoms with Crippen LogP contribution in [-0.2, 0) is 15.9 Å². The quantitative estimate of drug-likeness (QED) is 0.688. The van der Waals surface area contributed by atoms with E-state index >= 15 is 0 Å². The van der Waals surface area contributed by atoms with Crippen LogP contribution in [0, 0.1) is 0 Å². The van der Waals surface area contributed by atoms with Gasteiger partial charge in [-0.3, -0.25) is 0 Å². The Morgan fingerprint density at radius 1 is 1.00 bits per heavy atom. The Balaban J connectivity index is 2.74. The van der Waals surface area contributed by atoms with Crippen molar-refractivity contribution < 1.29 is 9.47 Å². The molecular formula is C15H24O2. The van der Waals surface area contributed by atoms with Crippen LogP contribution in [0.1, 0.15) is 32.8 Å². The summed E-state index contributed by atoms with van der Waals surface area (Å²) in [5.74, 6) is 0. The minimum atomic E-state index is -0.174. The smallest absolute Gasteiger partial charge is 0.0952 e. The Hall–Kier alpha value is -0.860. The first kappa shape index (κ1) is 14.2. The summed E-state index contributed by atoms with van der Waals surface area (Å²) >= 11 is 0. The van der Waals surface area contributed by atoms with E-state index in [2.05, 4.69) is 31.2 Å². The molecule has 1 atom stereocenters. The van der Waals surface area contributed by atoms with E-state index in [4.69, 9.17) is 9.47 Å². The van der Waals surface area contributed by atoms with E-state index in [1.165, 1.54) is 5.56 Å². The van der Waals surface area contributed by atoms with Crippen molar-refractivity contribution in [3.8, 4) is 0 Å². The Bertz CT molecular complexity index is 297. The van der Waals surface area contributed by atoms with Crippen molar-refractivity contribution in [1.29, 1.82) is 0 Å². The van der Waals surface area contributed by atoms with Crippen molar-refractivity contribution >= 4 is 0 Å². The zero-order chi connectivity index (χ0) is 12.6. The van der Waals surface area contributed by atoms with Crippen LogP contribution >= 0.6 is 0 Å². The van der Waals surface area contributed by atoms with Crippen LogP contribution in [0.5, 0.6) is 0 Å². The second kappa shape index (κ2) is 7.46. The third kappa shape index (κ3) is 4.49. The monoisotopic (exact) mass is 236 g/mol. The average Bonchev–Trinajstić information content (AvgIpc) is 2.37. The lowest BCUT2D eigenvalue weighted by Gasteiger charge is -2.32. The fraction of sp³-hybridized carbons (Fsp3) is 0.600. The molecule has 0 amide bonds. The van der Waals surface area contributed by atoms with Crippen molar-refractivity contribution in [2.45, 2.75) is 39.2 Å². The molecule has 0 radical (unpaired) electrons. The van der Waals surface area contributed by atoms with E-state index in [9.17, 15) is 0 Å². The summed E-state index contributed by atoms with van der Waals surface area (Å²) < 4.78 is 11.5. The van der Waals surface area contributed by atoms with Crippen LogP contribution in [0.2, 0.25) is 0 Å². The summed E-state index contributed by atoms with van der Waals surface area (Å²) in [5, 5.41) is 0. The van der Waals surface area contributed by atoms with Gasteiger partial charge in [0.1, 0.15) is 0 Å². The SMILES string of the molecule is CCOCC(CC)(Cc1ccccc1)OCC. The number of hydrogen-bond donors (Lipinski definition) is 0. The molecule has 17 heavy (non-hydrogen) atoms. The lowest BCUT2D eigenvalue weighted by Crippen LogP contribution is -2.40. The van der Waals surface area contributed by atoms with Crippen molar-refractivity contribution in [1.82, 2.24) is 0 Å². The standard InChI is InChI=1S/C15H24O2/c1-4-15(17-6-3,13-16-5-2)12-14-10-8-7-9-11-14/h7-11H,4-6,12-13H2,1-3H3. The van der Waals surface area contributed by atoms with Gasteiger partial charge in [-0.2, -0.15) is 0 Å². The highest BCUT2D eigenvalue weighted by molar-refractivity contribution is 5.17. The highest BCUT2D eigenvalue weighted by atomic mass is 16.5. The van der Waals surface area contributed by atoms with Crippen molar-refractivity contribution in [2.24, 2.45) is 0 Å². The fourth-order valence-electron chi connectivity index (χ4n) is 2.03. The zero-order valence-electron chi connectivity index (χ0n) is 11.2. The first-order chi connectivity index (χ1) is 8.26. The van der Waals surface area contributed by atoms with Crippen LogP contribution in [0.25, 0.3) is 0 Å². The maximum Gasteiger partial charge on any atom is 0.0952 e. The van der Waals surface area contributed by atoms with Gasteiger partial charge in [-0.1, -0.05) is 37.3 Å². The molecule has 0 N–H and O–H groups in total. The maximum absolute atomic E-state index is 5.96. The van der Waals surface area contributed by atoms with Gasteiger partial charge in [-0.25, -0.2) is 0 Å². The van der Waals surface area contributed by atoms with Gasteiger partial charge in [0.25, 0.3) is 0 Å². The molecule has 2 nitrogen and oxygen atoms in total. The molecule has 0 fully saturated rings. The topological polar surface area (TPSA) is 18.5 Å². The minimum absolute atomic E-state index is 0.174. The summed E-state index contributed by atoms with van der Waals surface area (Å²) in [5.41, 5.74) is 1.13. The molecule has 0 saturated heterocycles. The fourth-order valence-corrected chi connectivity index (χ4v) is 2.03. The van der Waals surface area contributed by atoms with Crippen molar-refractivity contribution in [2.75, 3.05) is 19.8 Å². The van der Waals surface area contributed by atoms with Gasteiger partial charge in [0, 0.05) is 19.6 Å². The molecule has 0 aliphatic rings. The van der Waals surface area contributed by atoms with E-state index in [-0.39, 0.29) is 5.60 Å². The summed E-state index contributed by atoms with van der Waals surface area (Å²) in [6.07, 6.45) is 1.88. The predicted molar refractivity (Wildman–Crippen MR) is 71.3 cm³/mol. The molecular weight excluding hydrogens is 212 g/mol. The van der Waals surface area contributed by atoms with E-state index < -0.39 is 0 Å². The molecule has 96 valence electrons. The summed E-state index contributed by atoms with van der Waals surface area (Å²) in [6, 6.07) is 10.5. The molecule has 0 saturated carbocycles. The predicted octanol–water partition coefficient (Wildman–Crippen LogP) is 3.45. The normalized spacial score (nSPS) is 14.5. The molecule has 0 heterocycles. The molecule has 0 aliphatic carbocycles. The maximum atomic E-state index is 5.96. The molecule has 2 heteroatoms. The molecule has 0 aromatic heterocycles. The second-order valence-corrected chi connectivity index (χ2v) is 4.27. The Kier molecular flexibility index (Phi) is 6.23. The zero-order valence-corrected chi connectivity index (χ0v) is 11.2. The van der Waals surface area contributed by atoms with Crippen LogP contribution in [0.3, 0.4) is 0 Å². The van der Waals surface area contributed by atoms with Crippen LogP contribution in [0.15, 0.2) is 30.3 Å². The Morgan fingerprint density at radius 3 is 2.24 bits per heavy atom. The van der Waals surface area contributed by atoms with E-state index in [1.807, 2.05) is 19.9 Å². The van der Waals surface area contributed by atoms with Crippen LogP contribution < -0.4 is 0 Å². The minimum Gasteiger partial charge on any atom is -0.379 e. The lowest BCUT2D eigenvalue weighted by atomic mass is 9.92. The van der Waals surface area contributed by atoms with Gasteiger partial charge in [-0.15, -0.1) is 0 Å². The molecule has 0 aliphatic heterocycles. The molecule has 1 aromatic rings. The Labute approximate surface area is 105 Å². The molecule has 0 spiro atoms. The third-order valence-corrected chi connectivity index (χ3v) is 3.03. The number of hydrogen-bond acceptors (Lipinski definition) is 2.